The Morgan fingerprint density at radius 3 is 2.69 bits per heavy atom. The maximum atomic E-state index is 13.1. The number of nitrogen functional groups attached to an aromatic ring is 1. The van der Waals surface area contributed by atoms with Gasteiger partial charge in [-0.25, -0.2) is 9.18 Å². The van der Waals surface area contributed by atoms with Crippen molar-refractivity contribution in [1.82, 2.24) is 0 Å². The van der Waals surface area contributed by atoms with Gasteiger partial charge in [-0.3, -0.25) is 0 Å². The van der Waals surface area contributed by atoms with Gasteiger partial charge in [0.1, 0.15) is 19.2 Å². The van der Waals surface area contributed by atoms with E-state index in [0.717, 1.165) is 13.2 Å². The van der Waals surface area contributed by atoms with E-state index in [1.807, 2.05) is 0 Å². The summed E-state index contributed by atoms with van der Waals surface area (Å²) in [5, 5.41) is 0. The van der Waals surface area contributed by atoms with Gasteiger partial charge in [-0.05, 0) is 12.1 Å². The van der Waals surface area contributed by atoms with Gasteiger partial charge < -0.3 is 10.5 Å². The van der Waals surface area contributed by atoms with Crippen LogP contribution in [-0.2, 0) is 4.74 Å². The van der Waals surface area contributed by atoms with E-state index in [0.29, 0.717) is 0 Å². The fourth-order valence-electron chi connectivity index (χ4n) is 0.967. The van der Waals surface area contributed by atoms with Gasteiger partial charge in [0, 0.05) is 5.69 Å². The van der Waals surface area contributed by atoms with E-state index in [-0.39, 0.29) is 16.7 Å². The number of benzene rings is 1. The fraction of sp³-hybridized carbons (Fsp3) is 0.125. The highest BCUT2D eigenvalue weighted by molar-refractivity contribution is 6.32. The van der Waals surface area contributed by atoms with Crippen molar-refractivity contribution < 1.29 is 13.9 Å². The summed E-state index contributed by atoms with van der Waals surface area (Å²) >= 11 is 0. The fourth-order valence-corrected chi connectivity index (χ4v) is 0.967. The van der Waals surface area contributed by atoms with Crippen LogP contribution in [-0.4, -0.2) is 20.9 Å². The molecule has 0 saturated carbocycles. The molecule has 1 aromatic rings. The van der Waals surface area contributed by atoms with Crippen LogP contribution >= 0.6 is 0 Å². The number of methoxy groups -OCH3 is 1. The van der Waals surface area contributed by atoms with E-state index >= 15 is 0 Å². The Kier molecular flexibility index (Phi) is 2.56. The third kappa shape index (κ3) is 1.80. The molecule has 5 heteroatoms. The van der Waals surface area contributed by atoms with Crippen LogP contribution in [0.4, 0.5) is 10.1 Å². The van der Waals surface area contributed by atoms with Crippen molar-refractivity contribution in [2.45, 2.75) is 0 Å². The first kappa shape index (κ1) is 9.57. The van der Waals surface area contributed by atoms with Gasteiger partial charge >= 0.3 is 5.97 Å². The minimum Gasteiger partial charge on any atom is -0.465 e. The maximum absolute atomic E-state index is 13.1. The second kappa shape index (κ2) is 3.47. The number of ether oxygens (including phenoxy) is 1. The third-order valence-electron chi connectivity index (χ3n) is 1.53. The molecule has 13 heavy (non-hydrogen) atoms. The Hall–Kier alpha value is -1.52. The zero-order valence-electron chi connectivity index (χ0n) is 7.00. The molecule has 2 N–H and O–H groups in total. The minimum absolute atomic E-state index is 0.0237. The Balaban J connectivity index is 3.28. The summed E-state index contributed by atoms with van der Waals surface area (Å²) in [6, 6.07) is 2.32. The molecule has 1 rings (SSSR count). The summed E-state index contributed by atoms with van der Waals surface area (Å²) in [5.74, 6) is -1.58. The molecule has 66 valence electrons. The highest BCUT2D eigenvalue weighted by Gasteiger charge is 2.15. The summed E-state index contributed by atoms with van der Waals surface area (Å²) in [6.07, 6.45) is 0. The first-order valence-electron chi connectivity index (χ1n) is 3.49. The van der Waals surface area contributed by atoms with Crippen LogP contribution in [0, 0.1) is 5.82 Å². The van der Waals surface area contributed by atoms with Crippen LogP contribution in [0.1, 0.15) is 10.4 Å². The standard InChI is InChI=1S/C8H7BFNO2/c1-13-8(12)7-5(10)2-4(9)3-6(7)11/h2-3H,11H2,1H3. The molecule has 0 aliphatic carbocycles. The van der Waals surface area contributed by atoms with Crippen molar-refractivity contribution in [1.29, 1.82) is 0 Å². The molecule has 0 fully saturated rings. The number of halogens is 1. The average Bonchev–Trinajstić information content (AvgIpc) is 2.02. The number of hydrogen-bond donors (Lipinski definition) is 1. The molecule has 0 aromatic heterocycles. The van der Waals surface area contributed by atoms with Crippen LogP contribution in [0.25, 0.3) is 0 Å². The lowest BCUT2D eigenvalue weighted by Gasteiger charge is -2.05. The molecule has 0 bridgehead atoms. The summed E-state index contributed by atoms with van der Waals surface area (Å²) in [6.45, 7) is 0. The maximum Gasteiger partial charge on any atom is 0.342 e. The highest BCUT2D eigenvalue weighted by atomic mass is 19.1. The predicted octanol–water partition coefficient (Wildman–Crippen LogP) is -0.0117. The van der Waals surface area contributed by atoms with Crippen molar-refractivity contribution in [3.8, 4) is 0 Å². The van der Waals surface area contributed by atoms with Gasteiger partial charge in [-0.2, -0.15) is 0 Å². The number of hydrogen-bond acceptors (Lipinski definition) is 3. The largest absolute Gasteiger partial charge is 0.465 e. The SMILES string of the molecule is [B]c1cc(N)c(C(=O)OC)c(F)c1. The summed E-state index contributed by atoms with van der Waals surface area (Å²) < 4.78 is 17.4. The topological polar surface area (TPSA) is 52.3 Å². The Morgan fingerprint density at radius 1 is 1.62 bits per heavy atom. The molecule has 0 aliphatic rings. The highest BCUT2D eigenvalue weighted by Crippen LogP contribution is 2.14. The van der Waals surface area contributed by atoms with Gasteiger partial charge in [-0.15, -0.1) is 0 Å². The molecule has 0 amide bonds. The lowest BCUT2D eigenvalue weighted by molar-refractivity contribution is 0.0597. The Bertz CT molecular complexity index is 331. The molecule has 0 heterocycles. The van der Waals surface area contributed by atoms with Gasteiger partial charge in [0.15, 0.2) is 0 Å². The summed E-state index contributed by atoms with van der Waals surface area (Å²) in [5.41, 5.74) is 5.24. The molecular formula is C8H7BFNO2. The van der Waals surface area contributed by atoms with Crippen molar-refractivity contribution >= 4 is 25.0 Å². The van der Waals surface area contributed by atoms with Crippen molar-refractivity contribution in [3.05, 3.63) is 23.5 Å². The summed E-state index contributed by atoms with van der Waals surface area (Å²) in [4.78, 5) is 11.0. The van der Waals surface area contributed by atoms with Crippen LogP contribution < -0.4 is 11.2 Å². The predicted molar refractivity (Wildman–Crippen MR) is 47.5 cm³/mol. The molecule has 0 spiro atoms. The molecule has 0 saturated heterocycles. The van der Waals surface area contributed by atoms with E-state index in [2.05, 4.69) is 4.74 Å². The van der Waals surface area contributed by atoms with Crippen LogP contribution in [0.15, 0.2) is 12.1 Å². The molecule has 0 atom stereocenters. The van der Waals surface area contributed by atoms with Gasteiger partial charge in [0.2, 0.25) is 0 Å². The quantitative estimate of drug-likeness (QED) is 0.374. The second-order valence-electron chi connectivity index (χ2n) is 2.46. The zero-order valence-corrected chi connectivity index (χ0v) is 7.00. The molecule has 3 nitrogen and oxygen atoms in total. The van der Waals surface area contributed by atoms with E-state index in [9.17, 15) is 9.18 Å². The number of anilines is 1. The smallest absolute Gasteiger partial charge is 0.342 e. The monoisotopic (exact) mass is 179 g/mol. The van der Waals surface area contributed by atoms with Gasteiger partial charge in [-0.1, -0.05) is 5.46 Å². The summed E-state index contributed by atoms with van der Waals surface area (Å²) in [7, 11) is 6.45. The lowest BCUT2D eigenvalue weighted by Crippen LogP contribution is -2.14. The molecule has 1 aromatic carbocycles. The van der Waals surface area contributed by atoms with E-state index in [4.69, 9.17) is 13.6 Å². The first-order chi connectivity index (χ1) is 6.06. The normalized spacial score (nSPS) is 9.69. The minimum atomic E-state index is -0.810. The van der Waals surface area contributed by atoms with Crippen molar-refractivity contribution in [3.63, 3.8) is 0 Å². The Labute approximate surface area is 76.1 Å². The van der Waals surface area contributed by atoms with Gasteiger partial charge in [0.25, 0.3) is 0 Å². The number of rotatable bonds is 1. The van der Waals surface area contributed by atoms with E-state index < -0.39 is 11.8 Å². The second-order valence-corrected chi connectivity index (χ2v) is 2.46. The Morgan fingerprint density at radius 2 is 2.23 bits per heavy atom. The average molecular weight is 179 g/mol. The number of carbonyl (C=O) groups excluding carboxylic acids is 1. The first-order valence-corrected chi connectivity index (χ1v) is 3.49. The molecule has 2 radical (unpaired) electrons. The lowest BCUT2D eigenvalue weighted by atomic mass is 9.94. The van der Waals surface area contributed by atoms with Crippen molar-refractivity contribution in [2.75, 3.05) is 12.8 Å². The third-order valence-corrected chi connectivity index (χ3v) is 1.53. The number of esters is 1. The van der Waals surface area contributed by atoms with Crippen LogP contribution in [0.2, 0.25) is 0 Å². The number of nitrogens with two attached hydrogens (primary N) is 1. The van der Waals surface area contributed by atoms with Crippen molar-refractivity contribution in [2.24, 2.45) is 0 Å². The van der Waals surface area contributed by atoms with Crippen LogP contribution in [0.3, 0.4) is 0 Å². The molecular weight excluding hydrogens is 172 g/mol. The van der Waals surface area contributed by atoms with E-state index in [1.165, 1.54) is 6.07 Å². The zero-order chi connectivity index (χ0) is 10.0. The van der Waals surface area contributed by atoms with Gasteiger partial charge in [0.05, 0.1) is 7.11 Å². The molecule has 0 unspecified atom stereocenters. The molecule has 0 aliphatic heterocycles. The number of carbonyl (C=O) groups is 1. The van der Waals surface area contributed by atoms with E-state index in [1.54, 1.807) is 0 Å². The van der Waals surface area contributed by atoms with Crippen LogP contribution in [0.5, 0.6) is 0 Å².